The number of aryl methyl sites for hydroxylation is 4. The van der Waals surface area contributed by atoms with Gasteiger partial charge in [-0.25, -0.2) is 4.79 Å². The highest BCUT2D eigenvalue weighted by molar-refractivity contribution is 5.75. The average Bonchev–Trinajstić information content (AvgIpc) is 2.97. The summed E-state index contributed by atoms with van der Waals surface area (Å²) in [7, 11) is 0. The molecular weight excluding hydrogens is 318 g/mol. The Morgan fingerprint density at radius 3 is 2.68 bits per heavy atom. The lowest BCUT2D eigenvalue weighted by atomic mass is 9.99. The fraction of sp³-hybridized carbons (Fsp3) is 0.611. The second-order valence-corrected chi connectivity index (χ2v) is 6.87. The van der Waals surface area contributed by atoms with Crippen LogP contribution in [0.25, 0.3) is 0 Å². The van der Waals surface area contributed by atoms with E-state index in [1.165, 1.54) is 0 Å². The molecule has 0 aromatic carbocycles. The maximum absolute atomic E-state index is 12.9. The van der Waals surface area contributed by atoms with Gasteiger partial charge in [-0.1, -0.05) is 18.0 Å². The summed E-state index contributed by atoms with van der Waals surface area (Å²) in [6.07, 6.45) is 4.29. The zero-order valence-corrected chi connectivity index (χ0v) is 15.5. The third kappa shape index (κ3) is 3.55. The molecule has 0 aliphatic carbocycles. The number of amides is 2. The van der Waals surface area contributed by atoms with Crippen molar-refractivity contribution in [2.75, 3.05) is 6.54 Å². The highest BCUT2D eigenvalue weighted by Crippen LogP contribution is 2.33. The lowest BCUT2D eigenvalue weighted by Gasteiger charge is -2.30. The number of aromatic amines is 1. The molecule has 1 saturated heterocycles. The molecule has 136 valence electrons. The molecule has 0 bridgehead atoms. The number of carbonyl (C=O) groups is 1. The largest absolute Gasteiger partial charge is 0.361 e. The van der Waals surface area contributed by atoms with Gasteiger partial charge in [-0.2, -0.15) is 5.10 Å². The minimum absolute atomic E-state index is 0.0353. The first-order chi connectivity index (χ1) is 12.0. The molecule has 1 aliphatic rings. The van der Waals surface area contributed by atoms with Gasteiger partial charge in [-0.3, -0.25) is 5.10 Å². The zero-order chi connectivity index (χ0) is 18.0. The summed E-state index contributed by atoms with van der Waals surface area (Å²) in [6.45, 7) is 9.00. The summed E-state index contributed by atoms with van der Waals surface area (Å²) in [6, 6.07) is 0.0396. The van der Waals surface area contributed by atoms with Crippen molar-refractivity contribution in [3.8, 4) is 0 Å². The van der Waals surface area contributed by atoms with Gasteiger partial charge in [0.2, 0.25) is 0 Å². The maximum Gasteiger partial charge on any atom is 0.318 e. The Kier molecular flexibility index (Phi) is 5.11. The van der Waals surface area contributed by atoms with Crippen molar-refractivity contribution in [2.24, 2.45) is 0 Å². The molecule has 2 aromatic rings. The minimum atomic E-state index is -0.0353. The van der Waals surface area contributed by atoms with Gasteiger partial charge in [0.05, 0.1) is 17.4 Å². The van der Waals surface area contributed by atoms with Gasteiger partial charge in [0, 0.05) is 29.9 Å². The number of H-pyrrole nitrogens is 1. The van der Waals surface area contributed by atoms with E-state index in [9.17, 15) is 4.79 Å². The van der Waals surface area contributed by atoms with E-state index < -0.39 is 0 Å². The second-order valence-electron chi connectivity index (χ2n) is 6.87. The van der Waals surface area contributed by atoms with Crippen LogP contribution in [0.3, 0.4) is 0 Å². The molecular formula is C18H27N5O2. The van der Waals surface area contributed by atoms with Gasteiger partial charge < -0.3 is 14.7 Å². The summed E-state index contributed by atoms with van der Waals surface area (Å²) in [5, 5.41) is 14.4. The second kappa shape index (κ2) is 7.29. The van der Waals surface area contributed by atoms with Crippen LogP contribution in [0.5, 0.6) is 0 Å². The Hall–Kier alpha value is -2.31. The van der Waals surface area contributed by atoms with E-state index in [4.69, 9.17) is 4.52 Å². The fourth-order valence-electron chi connectivity index (χ4n) is 3.72. The van der Waals surface area contributed by atoms with E-state index in [-0.39, 0.29) is 12.1 Å². The van der Waals surface area contributed by atoms with Gasteiger partial charge in [0.15, 0.2) is 0 Å². The molecule has 1 unspecified atom stereocenters. The highest BCUT2D eigenvalue weighted by Gasteiger charge is 2.30. The molecule has 7 heteroatoms. The number of urea groups is 1. The van der Waals surface area contributed by atoms with E-state index in [2.05, 4.69) is 20.7 Å². The maximum atomic E-state index is 12.9. The first kappa shape index (κ1) is 17.5. The molecule has 3 rings (SSSR count). The van der Waals surface area contributed by atoms with Gasteiger partial charge >= 0.3 is 6.03 Å². The molecule has 2 aromatic heterocycles. The SMILES string of the molecule is Cc1noc(C)c1CNC(=O)N1CCCCCC1c1c(C)n[nH]c1C. The van der Waals surface area contributed by atoms with Crippen LogP contribution in [0.2, 0.25) is 0 Å². The van der Waals surface area contributed by atoms with Crippen LogP contribution < -0.4 is 5.32 Å². The molecule has 7 nitrogen and oxygen atoms in total. The Bertz CT molecular complexity index is 710. The third-order valence-electron chi connectivity index (χ3n) is 5.13. The molecule has 1 atom stereocenters. The monoisotopic (exact) mass is 345 g/mol. The summed E-state index contributed by atoms with van der Waals surface area (Å²) >= 11 is 0. The number of hydrogen-bond donors (Lipinski definition) is 2. The normalized spacial score (nSPS) is 18.2. The van der Waals surface area contributed by atoms with E-state index >= 15 is 0 Å². The molecule has 0 spiro atoms. The predicted molar refractivity (Wildman–Crippen MR) is 94.2 cm³/mol. The molecule has 2 amide bonds. The topological polar surface area (TPSA) is 87.1 Å². The number of nitrogens with one attached hydrogen (secondary N) is 2. The Morgan fingerprint density at radius 2 is 2.04 bits per heavy atom. The first-order valence-corrected chi connectivity index (χ1v) is 8.96. The van der Waals surface area contributed by atoms with Crippen LogP contribution in [0.4, 0.5) is 4.79 Å². The predicted octanol–water partition coefficient (Wildman–Crippen LogP) is 3.46. The van der Waals surface area contributed by atoms with Gasteiger partial charge in [-0.15, -0.1) is 0 Å². The number of aromatic nitrogens is 3. The smallest absolute Gasteiger partial charge is 0.318 e. The van der Waals surface area contributed by atoms with Crippen molar-refractivity contribution in [3.63, 3.8) is 0 Å². The first-order valence-electron chi connectivity index (χ1n) is 8.96. The van der Waals surface area contributed by atoms with E-state index in [0.717, 1.165) is 66.2 Å². The average molecular weight is 345 g/mol. The summed E-state index contributed by atoms with van der Waals surface area (Å²) in [4.78, 5) is 14.9. The summed E-state index contributed by atoms with van der Waals surface area (Å²) in [5.74, 6) is 0.756. The van der Waals surface area contributed by atoms with Crippen LogP contribution in [0.15, 0.2) is 4.52 Å². The van der Waals surface area contributed by atoms with Gasteiger partial charge in [-0.05, 0) is 40.5 Å². The van der Waals surface area contributed by atoms with Crippen molar-refractivity contribution in [3.05, 3.63) is 34.0 Å². The molecule has 25 heavy (non-hydrogen) atoms. The van der Waals surface area contributed by atoms with E-state index in [1.807, 2.05) is 32.6 Å². The van der Waals surface area contributed by atoms with Crippen molar-refractivity contribution in [2.45, 2.75) is 66.0 Å². The molecule has 1 aliphatic heterocycles. The van der Waals surface area contributed by atoms with Crippen molar-refractivity contribution in [1.29, 1.82) is 0 Å². The van der Waals surface area contributed by atoms with Crippen LogP contribution in [-0.2, 0) is 6.54 Å². The Morgan fingerprint density at radius 1 is 1.24 bits per heavy atom. The van der Waals surface area contributed by atoms with Gasteiger partial charge in [0.25, 0.3) is 0 Å². The number of likely N-dealkylation sites (tertiary alicyclic amines) is 1. The quantitative estimate of drug-likeness (QED) is 0.892. The van der Waals surface area contributed by atoms with E-state index in [1.54, 1.807) is 0 Å². The summed E-state index contributed by atoms with van der Waals surface area (Å²) in [5.41, 5.74) is 4.97. The fourth-order valence-corrected chi connectivity index (χ4v) is 3.72. The standard InChI is InChI=1S/C18H27N5O2/c1-11-15(14(4)25-22-11)10-19-18(24)23-9-7-5-6-8-16(23)17-12(2)20-21-13(17)3/h16H,5-10H2,1-4H3,(H,19,24)(H,20,21). The van der Waals surface area contributed by atoms with Crippen LogP contribution in [0, 0.1) is 27.7 Å². The molecule has 2 N–H and O–H groups in total. The number of rotatable bonds is 3. The van der Waals surface area contributed by atoms with Crippen LogP contribution in [-0.4, -0.2) is 32.8 Å². The molecule has 0 saturated carbocycles. The number of carbonyl (C=O) groups excluding carboxylic acids is 1. The summed E-state index contributed by atoms with van der Waals surface area (Å²) < 4.78 is 5.18. The molecule has 3 heterocycles. The lowest BCUT2D eigenvalue weighted by molar-refractivity contribution is 0.175. The number of nitrogens with zero attached hydrogens (tertiary/aromatic N) is 3. The highest BCUT2D eigenvalue weighted by atomic mass is 16.5. The van der Waals surface area contributed by atoms with E-state index in [0.29, 0.717) is 6.54 Å². The minimum Gasteiger partial charge on any atom is -0.361 e. The van der Waals surface area contributed by atoms with Crippen molar-refractivity contribution in [1.82, 2.24) is 25.6 Å². The Labute approximate surface area is 148 Å². The van der Waals surface area contributed by atoms with Crippen molar-refractivity contribution < 1.29 is 9.32 Å². The van der Waals surface area contributed by atoms with Crippen LogP contribution >= 0.6 is 0 Å². The Balaban J connectivity index is 1.78. The third-order valence-corrected chi connectivity index (χ3v) is 5.13. The molecule has 0 radical (unpaired) electrons. The van der Waals surface area contributed by atoms with Crippen LogP contribution in [0.1, 0.15) is 65.7 Å². The number of hydrogen-bond acceptors (Lipinski definition) is 4. The van der Waals surface area contributed by atoms with Crippen molar-refractivity contribution >= 4 is 6.03 Å². The molecule has 1 fully saturated rings. The zero-order valence-electron chi connectivity index (χ0n) is 15.5. The van der Waals surface area contributed by atoms with Gasteiger partial charge in [0.1, 0.15) is 5.76 Å². The lowest BCUT2D eigenvalue weighted by Crippen LogP contribution is -2.42.